The highest BCUT2D eigenvalue weighted by Crippen LogP contribution is 2.18. The zero-order chi connectivity index (χ0) is 27.6. The van der Waals surface area contributed by atoms with Crippen LogP contribution in [0.2, 0.25) is 0 Å². The molecular formula is C21H25FN6O7S2. The van der Waals surface area contributed by atoms with Crippen molar-refractivity contribution in [2.45, 2.75) is 30.6 Å². The van der Waals surface area contributed by atoms with Gasteiger partial charge in [0.25, 0.3) is 0 Å². The van der Waals surface area contributed by atoms with Crippen LogP contribution in [-0.2, 0) is 33.5 Å². The van der Waals surface area contributed by atoms with Gasteiger partial charge in [0.15, 0.2) is 0 Å². The van der Waals surface area contributed by atoms with E-state index in [4.69, 9.17) is 29.0 Å². The van der Waals surface area contributed by atoms with Crippen LogP contribution in [0.15, 0.2) is 59.6 Å². The number of benzene rings is 2. The molecule has 2 amide bonds. The molecule has 16 heteroatoms. The number of urea groups is 1. The monoisotopic (exact) mass is 556 g/mol. The van der Waals surface area contributed by atoms with Crippen molar-refractivity contribution >= 4 is 49.8 Å². The fourth-order valence-corrected chi connectivity index (χ4v) is 3.48. The quantitative estimate of drug-likeness (QED) is 0.134. The van der Waals surface area contributed by atoms with E-state index >= 15 is 0 Å². The number of nitrogens with zero attached hydrogens (tertiary/aromatic N) is 2. The number of halogens is 1. The van der Waals surface area contributed by atoms with Gasteiger partial charge in [0.1, 0.15) is 5.82 Å². The molecule has 37 heavy (non-hydrogen) atoms. The molecular weight excluding hydrogens is 531 g/mol. The molecule has 3 rings (SSSR count). The number of rotatable bonds is 8. The van der Waals surface area contributed by atoms with Crippen molar-refractivity contribution in [3.63, 3.8) is 0 Å². The number of amides is 2. The molecule has 2 aromatic carbocycles. The molecule has 0 fully saturated rings. The van der Waals surface area contributed by atoms with Gasteiger partial charge < -0.3 is 22.1 Å². The Balaban J connectivity index is 0.000000877. The standard InChI is InChI=1S/C21H23FN6O3S.H2O4S/c22-32(30,31)18-11-9-17(10-12-18)27-21(29)26-16-7-5-14(6-8-16)3-1-2-4-15-13-25-20(24)28-19(15)23;1-5(2,3)4/h5-13H,1-4H2,(H2,26,27,29)(H4,23,24,25,28);(H2,1,2,3,4). The third-order valence-corrected chi connectivity index (χ3v) is 5.52. The number of hydrogen-bond acceptors (Lipinski definition) is 9. The Morgan fingerprint density at radius 1 is 0.865 bits per heavy atom. The SMILES string of the molecule is Nc1ncc(CCCCc2ccc(NC(=O)Nc3ccc(S(=O)(=O)F)cc3)cc2)c(N)n1.O=S(=O)(O)O. The molecule has 0 atom stereocenters. The Bertz CT molecular complexity index is 1410. The second kappa shape index (κ2) is 12.9. The Kier molecular flexibility index (Phi) is 10.2. The number of aromatic nitrogens is 2. The second-order valence-corrected chi connectivity index (χ2v) is 9.77. The highest BCUT2D eigenvalue weighted by molar-refractivity contribution is 7.86. The average molecular weight is 557 g/mol. The second-order valence-electron chi connectivity index (χ2n) is 7.53. The van der Waals surface area contributed by atoms with E-state index in [2.05, 4.69) is 20.6 Å². The van der Waals surface area contributed by atoms with E-state index in [0.29, 0.717) is 17.2 Å². The molecule has 0 saturated carbocycles. The maximum atomic E-state index is 12.9. The van der Waals surface area contributed by atoms with Crippen molar-refractivity contribution in [1.29, 1.82) is 0 Å². The summed E-state index contributed by atoms with van der Waals surface area (Å²) in [6, 6.07) is 11.7. The first-order valence-electron chi connectivity index (χ1n) is 10.5. The number of aryl methyl sites for hydroxylation is 2. The maximum absolute atomic E-state index is 12.9. The van der Waals surface area contributed by atoms with Gasteiger partial charge in [-0.3, -0.25) is 9.11 Å². The van der Waals surface area contributed by atoms with Gasteiger partial charge in [-0.25, -0.2) is 9.78 Å². The molecule has 0 bridgehead atoms. The Morgan fingerprint density at radius 2 is 1.35 bits per heavy atom. The summed E-state index contributed by atoms with van der Waals surface area (Å²) in [7, 11) is -9.44. The van der Waals surface area contributed by atoms with E-state index in [1.165, 1.54) is 12.1 Å². The number of carbonyl (C=O) groups is 1. The van der Waals surface area contributed by atoms with Crippen LogP contribution in [-0.4, -0.2) is 41.9 Å². The van der Waals surface area contributed by atoms with E-state index in [1.54, 1.807) is 18.3 Å². The summed E-state index contributed by atoms with van der Waals surface area (Å²) in [5.41, 5.74) is 14.3. The molecule has 1 heterocycles. The third kappa shape index (κ3) is 11.6. The topological polar surface area (TPSA) is 228 Å². The summed E-state index contributed by atoms with van der Waals surface area (Å²) in [6.45, 7) is 0. The van der Waals surface area contributed by atoms with Crippen LogP contribution in [0, 0.1) is 0 Å². The number of nitrogen functional groups attached to an aromatic ring is 2. The molecule has 0 aliphatic heterocycles. The number of unbranched alkanes of at least 4 members (excludes halogenated alkanes) is 1. The predicted molar refractivity (Wildman–Crippen MR) is 135 cm³/mol. The van der Waals surface area contributed by atoms with Crippen molar-refractivity contribution in [1.82, 2.24) is 9.97 Å². The molecule has 1 aromatic heterocycles. The molecule has 0 saturated heterocycles. The predicted octanol–water partition coefficient (Wildman–Crippen LogP) is 2.86. The Hall–Kier alpha value is -3.86. The summed E-state index contributed by atoms with van der Waals surface area (Å²) in [5, 5.41) is 5.24. The summed E-state index contributed by atoms with van der Waals surface area (Å²) < 4.78 is 66.1. The fraction of sp³-hybridized carbons (Fsp3) is 0.190. The largest absolute Gasteiger partial charge is 0.394 e. The van der Waals surface area contributed by atoms with Crippen LogP contribution in [0.3, 0.4) is 0 Å². The molecule has 0 unspecified atom stereocenters. The first kappa shape index (κ1) is 29.4. The molecule has 8 N–H and O–H groups in total. The summed E-state index contributed by atoms with van der Waals surface area (Å²) >= 11 is 0. The Morgan fingerprint density at radius 3 is 1.84 bits per heavy atom. The maximum Gasteiger partial charge on any atom is 0.394 e. The van der Waals surface area contributed by atoms with Crippen molar-refractivity contribution in [2.75, 3.05) is 22.1 Å². The smallest absolute Gasteiger partial charge is 0.383 e. The molecule has 200 valence electrons. The lowest BCUT2D eigenvalue weighted by molar-refractivity contribution is 0.262. The number of hydrogen-bond donors (Lipinski definition) is 6. The zero-order valence-electron chi connectivity index (χ0n) is 19.2. The number of anilines is 4. The summed E-state index contributed by atoms with van der Waals surface area (Å²) in [4.78, 5) is 19.5. The van der Waals surface area contributed by atoms with E-state index in [9.17, 15) is 17.1 Å². The third-order valence-electron chi connectivity index (χ3n) is 4.68. The lowest BCUT2D eigenvalue weighted by Gasteiger charge is -2.09. The number of nitrogens with one attached hydrogen (secondary N) is 2. The molecule has 0 radical (unpaired) electrons. The molecule has 0 aliphatic rings. The van der Waals surface area contributed by atoms with Crippen LogP contribution < -0.4 is 22.1 Å². The van der Waals surface area contributed by atoms with Crippen molar-refractivity contribution in [2.24, 2.45) is 0 Å². The first-order chi connectivity index (χ1) is 17.2. The van der Waals surface area contributed by atoms with Crippen LogP contribution in [0.25, 0.3) is 0 Å². The zero-order valence-corrected chi connectivity index (χ0v) is 20.8. The van der Waals surface area contributed by atoms with Gasteiger partial charge in [-0.15, -0.1) is 3.89 Å². The highest BCUT2D eigenvalue weighted by atomic mass is 32.3. The number of carbonyl (C=O) groups excluding carboxylic acids is 1. The minimum atomic E-state index is -4.77. The van der Waals surface area contributed by atoms with Gasteiger partial charge in [-0.05, 0) is 67.6 Å². The van der Waals surface area contributed by atoms with Crippen LogP contribution >= 0.6 is 0 Å². The van der Waals surface area contributed by atoms with Crippen molar-refractivity contribution in [3.05, 3.63) is 65.9 Å². The molecule has 13 nitrogen and oxygen atoms in total. The summed E-state index contributed by atoms with van der Waals surface area (Å²) in [5.74, 6) is 0.577. The average Bonchev–Trinajstić information content (AvgIpc) is 2.77. The van der Waals surface area contributed by atoms with Crippen LogP contribution in [0.1, 0.15) is 24.0 Å². The van der Waals surface area contributed by atoms with Gasteiger partial charge in [-0.1, -0.05) is 12.1 Å². The normalized spacial score (nSPS) is 11.2. The van der Waals surface area contributed by atoms with E-state index < -0.39 is 31.5 Å². The van der Waals surface area contributed by atoms with Gasteiger partial charge in [0.05, 0.1) is 4.90 Å². The van der Waals surface area contributed by atoms with E-state index in [-0.39, 0.29) is 5.95 Å². The van der Waals surface area contributed by atoms with E-state index in [0.717, 1.165) is 48.9 Å². The van der Waals surface area contributed by atoms with Gasteiger partial charge in [0, 0.05) is 23.1 Å². The van der Waals surface area contributed by atoms with Gasteiger partial charge in [0.2, 0.25) is 5.95 Å². The minimum Gasteiger partial charge on any atom is -0.383 e. The lowest BCUT2D eigenvalue weighted by atomic mass is 10.0. The number of nitrogens with two attached hydrogens (primary N) is 2. The highest BCUT2D eigenvalue weighted by Gasteiger charge is 2.11. The fourth-order valence-electron chi connectivity index (χ4n) is 3.02. The molecule has 0 spiro atoms. The van der Waals surface area contributed by atoms with Crippen molar-refractivity contribution in [3.8, 4) is 0 Å². The lowest BCUT2D eigenvalue weighted by Crippen LogP contribution is -2.19. The van der Waals surface area contributed by atoms with E-state index in [1.807, 2.05) is 12.1 Å². The van der Waals surface area contributed by atoms with Crippen molar-refractivity contribution < 1.29 is 34.6 Å². The molecule has 0 aliphatic carbocycles. The van der Waals surface area contributed by atoms with Gasteiger partial charge >= 0.3 is 26.7 Å². The first-order valence-corrected chi connectivity index (χ1v) is 13.3. The minimum absolute atomic E-state index is 0.166. The van der Waals surface area contributed by atoms with Crippen LogP contribution in [0.4, 0.5) is 31.8 Å². The van der Waals surface area contributed by atoms with Gasteiger partial charge in [-0.2, -0.15) is 21.8 Å². The Labute approximate surface area is 212 Å². The van der Waals surface area contributed by atoms with Crippen LogP contribution in [0.5, 0.6) is 0 Å². The summed E-state index contributed by atoms with van der Waals surface area (Å²) in [6.07, 6.45) is 5.15. The molecule has 3 aromatic rings.